The Hall–Kier alpha value is -2.20. The van der Waals surface area contributed by atoms with Crippen molar-refractivity contribution >= 4 is 6.29 Å². The van der Waals surface area contributed by atoms with E-state index in [0.717, 1.165) is 6.07 Å². The van der Waals surface area contributed by atoms with Crippen LogP contribution in [0.3, 0.4) is 0 Å². The highest BCUT2D eigenvalue weighted by Gasteiger charge is 2.09. The van der Waals surface area contributed by atoms with Crippen molar-refractivity contribution in [3.63, 3.8) is 0 Å². The van der Waals surface area contributed by atoms with E-state index >= 15 is 0 Å². The van der Waals surface area contributed by atoms with E-state index in [2.05, 4.69) is 0 Å². The summed E-state index contributed by atoms with van der Waals surface area (Å²) in [7, 11) is 0. The molecule has 0 aliphatic rings. The number of halogens is 1. The summed E-state index contributed by atoms with van der Waals surface area (Å²) in [5.41, 5.74) is 0.209. The van der Waals surface area contributed by atoms with Gasteiger partial charge in [0.1, 0.15) is 18.2 Å². The zero-order valence-electron chi connectivity index (χ0n) is 7.12. The molecule has 0 N–H and O–H groups in total. The van der Waals surface area contributed by atoms with Crippen LogP contribution in [0.2, 0.25) is 0 Å². The van der Waals surface area contributed by atoms with Gasteiger partial charge in [0.05, 0.1) is 18.1 Å². The van der Waals surface area contributed by atoms with E-state index in [-0.39, 0.29) is 23.1 Å². The van der Waals surface area contributed by atoms with Gasteiger partial charge in [0, 0.05) is 5.56 Å². The van der Waals surface area contributed by atoms with E-state index in [4.69, 9.17) is 10.5 Å². The Morgan fingerprint density at radius 2 is 2.14 bits per heavy atom. The monoisotopic (exact) mass is 188 g/mol. The van der Waals surface area contributed by atoms with Crippen LogP contribution in [0.15, 0.2) is 12.1 Å². The molecule has 1 aromatic carbocycles. The smallest absolute Gasteiger partial charge is 0.150 e. The molecule has 0 fully saturated rings. The number of carbonyl (C=O) groups excluding carboxylic acids is 1. The molecular formula is C10H5FN2O. The predicted octanol–water partition coefficient (Wildman–Crippen LogP) is 1.58. The van der Waals surface area contributed by atoms with Gasteiger partial charge in [-0.1, -0.05) is 0 Å². The molecule has 68 valence electrons. The Morgan fingerprint density at radius 3 is 2.64 bits per heavy atom. The third-order valence-electron chi connectivity index (χ3n) is 1.71. The van der Waals surface area contributed by atoms with Gasteiger partial charge in [-0.3, -0.25) is 4.79 Å². The first-order chi connectivity index (χ1) is 6.72. The number of nitrogens with zero attached hydrogens (tertiary/aromatic N) is 2. The SMILES string of the molecule is N#CCc1cc(C=O)cc(F)c1C#N. The van der Waals surface area contributed by atoms with Gasteiger partial charge in [-0.25, -0.2) is 4.39 Å². The number of hydrogen-bond acceptors (Lipinski definition) is 3. The zero-order valence-corrected chi connectivity index (χ0v) is 7.12. The van der Waals surface area contributed by atoms with Crippen molar-refractivity contribution in [3.05, 3.63) is 34.6 Å². The number of aldehydes is 1. The Morgan fingerprint density at radius 1 is 1.43 bits per heavy atom. The molecule has 0 atom stereocenters. The van der Waals surface area contributed by atoms with Gasteiger partial charge in [0.2, 0.25) is 0 Å². The molecule has 0 saturated heterocycles. The third kappa shape index (κ3) is 1.75. The van der Waals surface area contributed by atoms with E-state index in [1.807, 2.05) is 0 Å². The number of nitriles is 2. The normalized spacial score (nSPS) is 8.79. The largest absolute Gasteiger partial charge is 0.298 e. The quantitative estimate of drug-likeness (QED) is 0.661. The molecule has 0 radical (unpaired) electrons. The number of carbonyl (C=O) groups is 1. The second-order valence-corrected chi connectivity index (χ2v) is 2.60. The number of hydrogen-bond donors (Lipinski definition) is 0. The van der Waals surface area contributed by atoms with Crippen LogP contribution in [0.4, 0.5) is 4.39 Å². The van der Waals surface area contributed by atoms with Crippen LogP contribution in [0.1, 0.15) is 21.5 Å². The molecule has 0 bridgehead atoms. The fraction of sp³-hybridized carbons (Fsp3) is 0.100. The molecule has 1 rings (SSSR count). The molecule has 0 unspecified atom stereocenters. The molecule has 4 heteroatoms. The van der Waals surface area contributed by atoms with Crippen molar-refractivity contribution < 1.29 is 9.18 Å². The summed E-state index contributed by atoms with van der Waals surface area (Å²) in [4.78, 5) is 10.4. The molecule has 0 aromatic heterocycles. The standard InChI is InChI=1S/C10H5FN2O/c11-10-4-7(6-14)3-8(1-2-12)9(10)5-13/h3-4,6H,1H2. The summed E-state index contributed by atoms with van der Waals surface area (Å²) in [5.74, 6) is -0.762. The Labute approximate surface area is 80.0 Å². The van der Waals surface area contributed by atoms with Gasteiger partial charge in [0.15, 0.2) is 0 Å². The lowest BCUT2D eigenvalue weighted by Gasteiger charge is -2.01. The van der Waals surface area contributed by atoms with E-state index < -0.39 is 5.82 Å². The molecular weight excluding hydrogens is 183 g/mol. The van der Waals surface area contributed by atoms with E-state index in [9.17, 15) is 9.18 Å². The van der Waals surface area contributed by atoms with Crippen molar-refractivity contribution in [1.29, 1.82) is 10.5 Å². The highest BCUT2D eigenvalue weighted by Crippen LogP contribution is 2.15. The van der Waals surface area contributed by atoms with Crippen molar-refractivity contribution in [3.8, 4) is 12.1 Å². The molecule has 0 aliphatic heterocycles. The summed E-state index contributed by atoms with van der Waals surface area (Å²) < 4.78 is 13.1. The molecule has 0 aliphatic carbocycles. The maximum Gasteiger partial charge on any atom is 0.150 e. The van der Waals surface area contributed by atoms with E-state index in [1.165, 1.54) is 6.07 Å². The zero-order chi connectivity index (χ0) is 10.6. The fourth-order valence-electron chi connectivity index (χ4n) is 1.10. The minimum absolute atomic E-state index is 0.0819. The highest BCUT2D eigenvalue weighted by atomic mass is 19.1. The summed E-state index contributed by atoms with van der Waals surface area (Å²) in [6.07, 6.45) is 0.395. The third-order valence-corrected chi connectivity index (χ3v) is 1.71. The molecule has 3 nitrogen and oxygen atoms in total. The summed E-state index contributed by atoms with van der Waals surface area (Å²) in [6.45, 7) is 0. The number of benzene rings is 1. The Balaban J connectivity index is 3.38. The van der Waals surface area contributed by atoms with Crippen LogP contribution < -0.4 is 0 Å². The molecule has 0 saturated carbocycles. The minimum Gasteiger partial charge on any atom is -0.298 e. The van der Waals surface area contributed by atoms with Crippen LogP contribution in [-0.4, -0.2) is 6.29 Å². The van der Waals surface area contributed by atoms with Crippen LogP contribution >= 0.6 is 0 Å². The first-order valence-electron chi connectivity index (χ1n) is 3.77. The average molecular weight is 188 g/mol. The van der Waals surface area contributed by atoms with Gasteiger partial charge >= 0.3 is 0 Å². The van der Waals surface area contributed by atoms with Crippen molar-refractivity contribution in [1.82, 2.24) is 0 Å². The lowest BCUT2D eigenvalue weighted by Crippen LogP contribution is -1.96. The first kappa shape index (κ1) is 9.88. The predicted molar refractivity (Wildman–Crippen MR) is 45.8 cm³/mol. The van der Waals surface area contributed by atoms with Crippen LogP contribution in [0.25, 0.3) is 0 Å². The highest BCUT2D eigenvalue weighted by molar-refractivity contribution is 5.75. The maximum absolute atomic E-state index is 13.1. The Kier molecular flexibility index (Phi) is 2.93. The van der Waals surface area contributed by atoms with Gasteiger partial charge in [-0.15, -0.1) is 0 Å². The van der Waals surface area contributed by atoms with Crippen LogP contribution in [-0.2, 0) is 6.42 Å². The maximum atomic E-state index is 13.1. The minimum atomic E-state index is -0.762. The van der Waals surface area contributed by atoms with Gasteiger partial charge in [-0.05, 0) is 17.7 Å². The average Bonchev–Trinajstić information content (AvgIpc) is 2.18. The first-order valence-corrected chi connectivity index (χ1v) is 3.77. The van der Waals surface area contributed by atoms with Gasteiger partial charge < -0.3 is 0 Å². The van der Waals surface area contributed by atoms with Crippen molar-refractivity contribution in [2.75, 3.05) is 0 Å². The fourth-order valence-corrected chi connectivity index (χ4v) is 1.10. The van der Waals surface area contributed by atoms with E-state index in [1.54, 1.807) is 12.1 Å². The van der Waals surface area contributed by atoms with E-state index in [0.29, 0.717) is 6.29 Å². The second kappa shape index (κ2) is 4.15. The summed E-state index contributed by atoms with van der Waals surface area (Å²) in [6, 6.07) is 5.79. The Bertz CT molecular complexity index is 454. The van der Waals surface area contributed by atoms with Gasteiger partial charge in [-0.2, -0.15) is 10.5 Å². The second-order valence-electron chi connectivity index (χ2n) is 2.60. The van der Waals surface area contributed by atoms with Crippen LogP contribution in [0.5, 0.6) is 0 Å². The van der Waals surface area contributed by atoms with Crippen molar-refractivity contribution in [2.24, 2.45) is 0 Å². The van der Waals surface area contributed by atoms with Crippen LogP contribution in [0, 0.1) is 28.5 Å². The molecule has 14 heavy (non-hydrogen) atoms. The van der Waals surface area contributed by atoms with Crippen molar-refractivity contribution in [2.45, 2.75) is 6.42 Å². The molecule has 0 heterocycles. The number of rotatable bonds is 2. The topological polar surface area (TPSA) is 64.7 Å². The lowest BCUT2D eigenvalue weighted by atomic mass is 10.0. The summed E-state index contributed by atoms with van der Waals surface area (Å²) in [5, 5.41) is 17.0. The van der Waals surface area contributed by atoms with Gasteiger partial charge in [0.25, 0.3) is 0 Å². The lowest BCUT2D eigenvalue weighted by molar-refractivity contribution is 0.112. The molecule has 0 amide bonds. The summed E-state index contributed by atoms with van der Waals surface area (Å²) >= 11 is 0. The molecule has 1 aromatic rings. The molecule has 0 spiro atoms.